The average Bonchev–Trinajstić information content (AvgIpc) is 2.43. The highest BCUT2D eigenvalue weighted by molar-refractivity contribution is 5.39. The molecule has 2 rings (SSSR count). The van der Waals surface area contributed by atoms with Gasteiger partial charge in [0.1, 0.15) is 6.61 Å². The van der Waals surface area contributed by atoms with Crippen molar-refractivity contribution in [1.82, 2.24) is 5.32 Å². The molecule has 0 radical (unpaired) electrons. The van der Waals surface area contributed by atoms with E-state index in [0.29, 0.717) is 18.1 Å². The third kappa shape index (κ3) is 4.41. The first kappa shape index (κ1) is 15.2. The van der Waals surface area contributed by atoms with Gasteiger partial charge in [-0.2, -0.15) is 0 Å². The molecule has 0 aromatic heterocycles. The Kier molecular flexibility index (Phi) is 5.30. The van der Waals surface area contributed by atoms with Crippen LogP contribution in [0.3, 0.4) is 0 Å². The van der Waals surface area contributed by atoms with Gasteiger partial charge in [0, 0.05) is 12.6 Å². The smallest absolute Gasteiger partial charge is 0.161 e. The van der Waals surface area contributed by atoms with Crippen LogP contribution in [-0.4, -0.2) is 26.3 Å². The fourth-order valence-electron chi connectivity index (χ4n) is 3.03. The number of rotatable bonds is 6. The van der Waals surface area contributed by atoms with Crippen molar-refractivity contribution in [2.75, 3.05) is 20.3 Å². The molecule has 1 atom stereocenters. The normalized spacial score (nSPS) is 21.4. The molecule has 3 nitrogen and oxygen atoms in total. The highest BCUT2D eigenvalue weighted by atomic mass is 16.5. The molecule has 0 spiro atoms. The maximum absolute atomic E-state index is 5.78. The number of hydrogen-bond acceptors (Lipinski definition) is 3. The zero-order valence-electron chi connectivity index (χ0n) is 12.9. The van der Waals surface area contributed by atoms with Gasteiger partial charge in [0.2, 0.25) is 0 Å². The zero-order valence-corrected chi connectivity index (χ0v) is 12.9. The lowest BCUT2D eigenvalue weighted by molar-refractivity contribution is 0.191. The standard InChI is InChI=1S/C17H27NO2/c1-17(2)10-6-7-14(13-17)18-11-12-20-16-9-5-4-8-15(16)19-3/h4-5,8-9,14,18H,6-7,10-13H2,1-3H3. The van der Waals surface area contributed by atoms with Crippen LogP contribution in [0.15, 0.2) is 24.3 Å². The summed E-state index contributed by atoms with van der Waals surface area (Å²) < 4.78 is 11.1. The van der Waals surface area contributed by atoms with Crippen LogP contribution in [0.4, 0.5) is 0 Å². The molecule has 0 heterocycles. The van der Waals surface area contributed by atoms with Gasteiger partial charge in [0.05, 0.1) is 7.11 Å². The fraction of sp³-hybridized carbons (Fsp3) is 0.647. The van der Waals surface area contributed by atoms with Gasteiger partial charge in [0.25, 0.3) is 0 Å². The van der Waals surface area contributed by atoms with Gasteiger partial charge in [-0.3, -0.25) is 0 Å². The Bertz CT molecular complexity index is 417. The number of hydrogen-bond donors (Lipinski definition) is 1. The number of benzene rings is 1. The first-order valence-electron chi connectivity index (χ1n) is 7.60. The Balaban J connectivity index is 1.71. The average molecular weight is 277 g/mol. The number of ether oxygens (including phenoxy) is 2. The van der Waals surface area contributed by atoms with Gasteiger partial charge in [-0.25, -0.2) is 0 Å². The summed E-state index contributed by atoms with van der Waals surface area (Å²) in [5.41, 5.74) is 0.486. The summed E-state index contributed by atoms with van der Waals surface area (Å²) in [6.07, 6.45) is 5.24. The molecular weight excluding hydrogens is 250 g/mol. The first-order valence-corrected chi connectivity index (χ1v) is 7.60. The van der Waals surface area contributed by atoms with Crippen molar-refractivity contribution in [3.8, 4) is 11.5 Å². The lowest BCUT2D eigenvalue weighted by Crippen LogP contribution is -2.39. The van der Waals surface area contributed by atoms with Crippen LogP contribution in [0.1, 0.15) is 39.5 Å². The molecule has 1 aliphatic rings. The summed E-state index contributed by atoms with van der Waals surface area (Å²) in [5, 5.41) is 3.62. The van der Waals surface area contributed by atoms with Crippen molar-refractivity contribution in [2.24, 2.45) is 5.41 Å². The Labute approximate surface area is 122 Å². The molecule has 20 heavy (non-hydrogen) atoms. The molecular formula is C17H27NO2. The van der Waals surface area contributed by atoms with Gasteiger partial charge in [-0.15, -0.1) is 0 Å². The third-order valence-corrected chi connectivity index (χ3v) is 4.07. The van der Waals surface area contributed by atoms with Gasteiger partial charge < -0.3 is 14.8 Å². The summed E-state index contributed by atoms with van der Waals surface area (Å²) in [6, 6.07) is 8.43. The molecule has 0 saturated heterocycles. The predicted molar refractivity (Wildman–Crippen MR) is 82.5 cm³/mol. The van der Waals surface area contributed by atoms with Crippen molar-refractivity contribution in [2.45, 2.75) is 45.6 Å². The highest BCUT2D eigenvalue weighted by Crippen LogP contribution is 2.35. The highest BCUT2D eigenvalue weighted by Gasteiger charge is 2.27. The predicted octanol–water partition coefficient (Wildman–Crippen LogP) is 3.63. The minimum absolute atomic E-state index is 0.486. The number of para-hydroxylation sites is 2. The van der Waals surface area contributed by atoms with E-state index < -0.39 is 0 Å². The van der Waals surface area contributed by atoms with E-state index in [-0.39, 0.29) is 0 Å². The molecule has 0 amide bonds. The van der Waals surface area contributed by atoms with E-state index in [2.05, 4.69) is 19.2 Å². The number of nitrogens with one attached hydrogen (secondary N) is 1. The van der Waals surface area contributed by atoms with E-state index in [1.165, 1.54) is 25.7 Å². The number of methoxy groups -OCH3 is 1. The second kappa shape index (κ2) is 6.98. The van der Waals surface area contributed by atoms with Crippen LogP contribution < -0.4 is 14.8 Å². The maximum Gasteiger partial charge on any atom is 0.161 e. The third-order valence-electron chi connectivity index (χ3n) is 4.07. The SMILES string of the molecule is COc1ccccc1OCCNC1CCCC(C)(C)C1. The summed E-state index contributed by atoms with van der Waals surface area (Å²) in [6.45, 7) is 6.30. The topological polar surface area (TPSA) is 30.5 Å². The van der Waals surface area contributed by atoms with Gasteiger partial charge in [-0.05, 0) is 36.8 Å². The van der Waals surface area contributed by atoms with E-state index in [1.54, 1.807) is 7.11 Å². The Morgan fingerprint density at radius 3 is 2.70 bits per heavy atom. The molecule has 1 unspecified atom stereocenters. The molecule has 1 aromatic rings. The van der Waals surface area contributed by atoms with E-state index in [1.807, 2.05) is 24.3 Å². The maximum atomic E-state index is 5.78. The van der Waals surface area contributed by atoms with Gasteiger partial charge >= 0.3 is 0 Å². The quantitative estimate of drug-likeness (QED) is 0.805. The largest absolute Gasteiger partial charge is 0.493 e. The van der Waals surface area contributed by atoms with Crippen LogP contribution in [0.25, 0.3) is 0 Å². The van der Waals surface area contributed by atoms with Crippen molar-refractivity contribution in [3.05, 3.63) is 24.3 Å². The summed E-state index contributed by atoms with van der Waals surface area (Å²) in [5.74, 6) is 1.62. The lowest BCUT2D eigenvalue weighted by Gasteiger charge is -2.35. The first-order chi connectivity index (χ1) is 9.61. The van der Waals surface area contributed by atoms with Crippen LogP contribution >= 0.6 is 0 Å². The van der Waals surface area contributed by atoms with E-state index >= 15 is 0 Å². The molecule has 1 saturated carbocycles. The van der Waals surface area contributed by atoms with Crippen molar-refractivity contribution < 1.29 is 9.47 Å². The van der Waals surface area contributed by atoms with Crippen LogP contribution in [0, 0.1) is 5.41 Å². The van der Waals surface area contributed by atoms with Crippen molar-refractivity contribution in [3.63, 3.8) is 0 Å². The molecule has 1 aromatic carbocycles. The molecule has 0 bridgehead atoms. The summed E-state index contributed by atoms with van der Waals surface area (Å²) in [7, 11) is 1.67. The van der Waals surface area contributed by atoms with E-state index in [0.717, 1.165) is 18.0 Å². The van der Waals surface area contributed by atoms with Crippen LogP contribution in [0.5, 0.6) is 11.5 Å². The second-order valence-electron chi connectivity index (χ2n) is 6.41. The molecule has 1 aliphatic carbocycles. The van der Waals surface area contributed by atoms with Gasteiger partial charge in [-0.1, -0.05) is 32.4 Å². The second-order valence-corrected chi connectivity index (χ2v) is 6.41. The zero-order chi connectivity index (χ0) is 14.4. The fourth-order valence-corrected chi connectivity index (χ4v) is 3.03. The molecule has 0 aliphatic heterocycles. The summed E-state index contributed by atoms with van der Waals surface area (Å²) in [4.78, 5) is 0. The van der Waals surface area contributed by atoms with Crippen LogP contribution in [-0.2, 0) is 0 Å². The van der Waals surface area contributed by atoms with Gasteiger partial charge in [0.15, 0.2) is 11.5 Å². The Morgan fingerprint density at radius 2 is 2.00 bits per heavy atom. The lowest BCUT2D eigenvalue weighted by atomic mass is 9.75. The monoisotopic (exact) mass is 277 g/mol. The Hall–Kier alpha value is -1.22. The molecule has 112 valence electrons. The summed E-state index contributed by atoms with van der Waals surface area (Å²) >= 11 is 0. The van der Waals surface area contributed by atoms with Crippen molar-refractivity contribution in [1.29, 1.82) is 0 Å². The molecule has 1 fully saturated rings. The Morgan fingerprint density at radius 1 is 1.25 bits per heavy atom. The van der Waals surface area contributed by atoms with Crippen LogP contribution in [0.2, 0.25) is 0 Å². The minimum atomic E-state index is 0.486. The van der Waals surface area contributed by atoms with E-state index in [9.17, 15) is 0 Å². The van der Waals surface area contributed by atoms with E-state index in [4.69, 9.17) is 9.47 Å². The molecule has 1 N–H and O–H groups in total. The van der Waals surface area contributed by atoms with Crippen molar-refractivity contribution >= 4 is 0 Å². The molecule has 3 heteroatoms. The minimum Gasteiger partial charge on any atom is -0.493 e.